The van der Waals surface area contributed by atoms with Gasteiger partial charge in [-0.2, -0.15) is 0 Å². The molecule has 1 N–H and O–H groups in total. The smallest absolute Gasteiger partial charge is 0.350 e. The highest BCUT2D eigenvalue weighted by atomic mass is 16.7. The molecule has 0 amide bonds. The minimum atomic E-state index is -1.27. The molecule has 0 bridgehead atoms. The molecule has 0 atom stereocenters. The number of esters is 2. The number of aromatic nitrogens is 1. The molecule has 0 spiro atoms. The van der Waals surface area contributed by atoms with Gasteiger partial charge in [0.05, 0.1) is 0 Å². The molecule has 0 aliphatic carbocycles. The largest absolute Gasteiger partial charge is 0.436 e. The molecule has 1 aliphatic rings. The maximum Gasteiger partial charge on any atom is 0.350 e. The van der Waals surface area contributed by atoms with Crippen LogP contribution in [0.5, 0.6) is 0 Å². The summed E-state index contributed by atoms with van der Waals surface area (Å²) in [4.78, 5) is 28.4. The Morgan fingerprint density at radius 1 is 1.00 bits per heavy atom. The molecule has 2 aromatic carbocycles. The van der Waals surface area contributed by atoms with E-state index in [0.29, 0.717) is 22.7 Å². The number of benzene rings is 2. The monoisotopic (exact) mass is 364 g/mol. The highest BCUT2D eigenvalue weighted by Gasteiger charge is 2.38. The second-order valence-electron chi connectivity index (χ2n) is 6.45. The lowest BCUT2D eigenvalue weighted by Crippen LogP contribution is -2.42. The number of nitrogens with one attached hydrogen (secondary N) is 1. The molecule has 7 nitrogen and oxygen atoms in total. The van der Waals surface area contributed by atoms with Crippen molar-refractivity contribution in [3.05, 3.63) is 60.3 Å². The van der Waals surface area contributed by atoms with Crippen LogP contribution < -0.4 is 5.32 Å². The summed E-state index contributed by atoms with van der Waals surface area (Å²) in [6.07, 6.45) is 1.26. The SMILES string of the molecule is CC1(C)OC(=O)C(=CNc2ccc3nc(-c4ccccc4)oc3c2)C(=O)O1. The van der Waals surface area contributed by atoms with Crippen LogP contribution in [0.3, 0.4) is 0 Å². The zero-order valence-electron chi connectivity index (χ0n) is 14.7. The quantitative estimate of drug-likeness (QED) is 0.431. The van der Waals surface area contributed by atoms with E-state index in [-0.39, 0.29) is 5.57 Å². The lowest BCUT2D eigenvalue weighted by molar-refractivity contribution is -0.222. The summed E-state index contributed by atoms with van der Waals surface area (Å²) in [6.45, 7) is 2.99. The zero-order chi connectivity index (χ0) is 19.0. The number of cyclic esters (lactones) is 2. The van der Waals surface area contributed by atoms with Crippen molar-refractivity contribution in [3.63, 3.8) is 0 Å². The van der Waals surface area contributed by atoms with Gasteiger partial charge in [0, 0.05) is 37.4 Å². The molecule has 2 heterocycles. The van der Waals surface area contributed by atoms with Crippen LogP contribution in [0.1, 0.15) is 13.8 Å². The van der Waals surface area contributed by atoms with Gasteiger partial charge in [-0.3, -0.25) is 0 Å². The standard InChI is InChI=1S/C20H16N2O5/c1-20(2)26-18(23)14(19(24)27-20)11-21-13-8-9-15-16(10-13)25-17(22-15)12-6-4-3-5-7-12/h3-11,21H,1-2H3. The summed E-state index contributed by atoms with van der Waals surface area (Å²) >= 11 is 0. The van der Waals surface area contributed by atoms with Gasteiger partial charge in [0.2, 0.25) is 5.89 Å². The number of fused-ring (bicyclic) bond motifs is 1. The van der Waals surface area contributed by atoms with Gasteiger partial charge in [0.15, 0.2) is 11.2 Å². The molecule has 1 aliphatic heterocycles. The van der Waals surface area contributed by atoms with Gasteiger partial charge in [-0.25, -0.2) is 14.6 Å². The molecular formula is C20H16N2O5. The fourth-order valence-electron chi connectivity index (χ4n) is 2.65. The first-order valence-electron chi connectivity index (χ1n) is 8.31. The zero-order valence-corrected chi connectivity index (χ0v) is 14.7. The van der Waals surface area contributed by atoms with E-state index in [9.17, 15) is 9.59 Å². The Kier molecular flexibility index (Phi) is 3.92. The number of hydrogen-bond donors (Lipinski definition) is 1. The molecule has 0 saturated carbocycles. The van der Waals surface area contributed by atoms with E-state index in [1.807, 2.05) is 30.3 Å². The first kappa shape index (κ1) is 16.8. The van der Waals surface area contributed by atoms with Crippen molar-refractivity contribution in [2.24, 2.45) is 0 Å². The number of carbonyl (C=O) groups is 2. The Balaban J connectivity index is 1.58. The van der Waals surface area contributed by atoms with Gasteiger partial charge in [0.1, 0.15) is 5.52 Å². The Hall–Kier alpha value is -3.61. The van der Waals surface area contributed by atoms with E-state index in [1.54, 1.807) is 18.2 Å². The highest BCUT2D eigenvalue weighted by Crippen LogP contribution is 2.27. The van der Waals surface area contributed by atoms with E-state index >= 15 is 0 Å². The van der Waals surface area contributed by atoms with Gasteiger partial charge in [-0.1, -0.05) is 18.2 Å². The fourth-order valence-corrected chi connectivity index (χ4v) is 2.65. The number of carbonyl (C=O) groups excluding carboxylic acids is 2. The lowest BCUT2D eigenvalue weighted by atomic mass is 10.2. The van der Waals surface area contributed by atoms with E-state index in [0.717, 1.165) is 5.56 Å². The van der Waals surface area contributed by atoms with E-state index in [1.165, 1.54) is 20.0 Å². The van der Waals surface area contributed by atoms with Crippen molar-refractivity contribution in [1.82, 2.24) is 4.98 Å². The van der Waals surface area contributed by atoms with E-state index in [2.05, 4.69) is 10.3 Å². The lowest BCUT2D eigenvalue weighted by Gasteiger charge is -2.29. The topological polar surface area (TPSA) is 90.7 Å². The number of oxazole rings is 1. The summed E-state index contributed by atoms with van der Waals surface area (Å²) in [5.41, 5.74) is 2.56. The minimum absolute atomic E-state index is 0.211. The third-order valence-electron chi connectivity index (χ3n) is 3.91. The number of hydrogen-bond acceptors (Lipinski definition) is 7. The molecule has 0 radical (unpaired) electrons. The minimum Gasteiger partial charge on any atom is -0.436 e. The van der Waals surface area contributed by atoms with Gasteiger partial charge in [0.25, 0.3) is 5.79 Å². The van der Waals surface area contributed by atoms with Crippen LogP contribution in [0.4, 0.5) is 5.69 Å². The summed E-state index contributed by atoms with van der Waals surface area (Å²) in [7, 11) is 0. The third-order valence-corrected chi connectivity index (χ3v) is 3.91. The first-order valence-corrected chi connectivity index (χ1v) is 8.31. The van der Waals surface area contributed by atoms with Crippen molar-refractivity contribution >= 4 is 28.7 Å². The van der Waals surface area contributed by atoms with Crippen LogP contribution in [-0.2, 0) is 19.1 Å². The summed E-state index contributed by atoms with van der Waals surface area (Å²) in [6, 6.07) is 14.8. The summed E-state index contributed by atoms with van der Waals surface area (Å²) in [5, 5.41) is 2.89. The third kappa shape index (κ3) is 3.39. The molecule has 1 aromatic heterocycles. The van der Waals surface area contributed by atoms with E-state index in [4.69, 9.17) is 13.9 Å². The maximum absolute atomic E-state index is 12.0. The van der Waals surface area contributed by atoms with Crippen molar-refractivity contribution in [2.45, 2.75) is 19.6 Å². The molecule has 7 heteroatoms. The fraction of sp³-hybridized carbons (Fsp3) is 0.150. The Morgan fingerprint density at radius 3 is 2.41 bits per heavy atom. The summed E-state index contributed by atoms with van der Waals surface area (Å²) in [5.74, 6) is -2.23. The number of anilines is 1. The molecule has 3 aromatic rings. The Bertz CT molecular complexity index is 1040. The Labute approximate surface area is 154 Å². The molecule has 4 rings (SSSR count). The second kappa shape index (κ2) is 6.28. The van der Waals surface area contributed by atoms with Crippen LogP contribution in [0, 0.1) is 0 Å². The molecule has 27 heavy (non-hydrogen) atoms. The molecule has 136 valence electrons. The predicted octanol–water partition coefficient (Wildman–Crippen LogP) is 3.63. The molecule has 0 unspecified atom stereocenters. The van der Waals surface area contributed by atoms with Crippen LogP contribution in [0.25, 0.3) is 22.6 Å². The summed E-state index contributed by atoms with van der Waals surface area (Å²) < 4.78 is 15.9. The van der Waals surface area contributed by atoms with Gasteiger partial charge < -0.3 is 19.2 Å². The van der Waals surface area contributed by atoms with Crippen LogP contribution in [-0.4, -0.2) is 22.7 Å². The van der Waals surface area contributed by atoms with E-state index < -0.39 is 17.7 Å². The van der Waals surface area contributed by atoms with Crippen LogP contribution >= 0.6 is 0 Å². The van der Waals surface area contributed by atoms with Gasteiger partial charge >= 0.3 is 11.9 Å². The molecule has 1 saturated heterocycles. The molecule has 1 fully saturated rings. The maximum atomic E-state index is 12.0. The molecular weight excluding hydrogens is 348 g/mol. The first-order chi connectivity index (χ1) is 12.9. The highest BCUT2D eigenvalue weighted by molar-refractivity contribution is 6.15. The van der Waals surface area contributed by atoms with Gasteiger partial charge in [-0.05, 0) is 24.3 Å². The predicted molar refractivity (Wildman–Crippen MR) is 97.4 cm³/mol. The van der Waals surface area contributed by atoms with Crippen molar-refractivity contribution in [2.75, 3.05) is 5.32 Å². The van der Waals surface area contributed by atoms with Gasteiger partial charge in [-0.15, -0.1) is 0 Å². The normalized spacial score (nSPS) is 16.0. The number of rotatable bonds is 3. The second-order valence-corrected chi connectivity index (χ2v) is 6.45. The van der Waals surface area contributed by atoms with Crippen LogP contribution in [0.15, 0.2) is 64.7 Å². The number of ether oxygens (including phenoxy) is 2. The van der Waals surface area contributed by atoms with Crippen molar-refractivity contribution in [1.29, 1.82) is 0 Å². The van der Waals surface area contributed by atoms with Crippen LogP contribution in [0.2, 0.25) is 0 Å². The average molecular weight is 364 g/mol. The number of nitrogens with zero attached hydrogens (tertiary/aromatic N) is 1. The van der Waals surface area contributed by atoms with Crippen molar-refractivity contribution < 1.29 is 23.5 Å². The average Bonchev–Trinajstić information content (AvgIpc) is 3.04. The Morgan fingerprint density at radius 2 is 1.70 bits per heavy atom. The van der Waals surface area contributed by atoms with Crippen molar-refractivity contribution in [3.8, 4) is 11.5 Å².